The van der Waals surface area contributed by atoms with Crippen molar-refractivity contribution >= 4 is 11.9 Å². The van der Waals surface area contributed by atoms with Gasteiger partial charge in [0.2, 0.25) is 0 Å². The minimum absolute atomic E-state index is 0.306. The van der Waals surface area contributed by atoms with Crippen LogP contribution in [0.5, 0.6) is 0 Å². The van der Waals surface area contributed by atoms with Crippen LogP contribution in [-0.4, -0.2) is 36.5 Å². The second-order valence-electron chi connectivity index (χ2n) is 4.99. The van der Waals surface area contributed by atoms with Crippen molar-refractivity contribution in [3.8, 4) is 0 Å². The fraction of sp³-hybridized carbons (Fsp3) is 0.467. The van der Waals surface area contributed by atoms with E-state index in [2.05, 4.69) is 0 Å². The number of amides is 1. The Morgan fingerprint density at radius 1 is 1.35 bits per heavy atom. The molecule has 0 N–H and O–H groups in total. The zero-order valence-corrected chi connectivity index (χ0v) is 11.7. The minimum Gasteiger partial charge on any atom is -0.467 e. The van der Waals surface area contributed by atoms with E-state index < -0.39 is 17.8 Å². The minimum atomic E-state index is -0.566. The molecule has 1 aromatic carbocycles. The van der Waals surface area contributed by atoms with Crippen LogP contribution in [0.4, 0.5) is 4.39 Å². The van der Waals surface area contributed by atoms with E-state index in [0.29, 0.717) is 24.1 Å². The van der Waals surface area contributed by atoms with Crippen molar-refractivity contribution in [2.75, 3.05) is 13.7 Å². The summed E-state index contributed by atoms with van der Waals surface area (Å²) in [6, 6.07) is 3.55. The second kappa shape index (κ2) is 6.03. The number of hydrogen-bond donors (Lipinski definition) is 0. The fourth-order valence-corrected chi connectivity index (χ4v) is 2.54. The topological polar surface area (TPSA) is 46.6 Å². The lowest BCUT2D eigenvalue weighted by atomic mass is 9.99. The van der Waals surface area contributed by atoms with Crippen LogP contribution in [0.25, 0.3) is 0 Å². The van der Waals surface area contributed by atoms with Crippen molar-refractivity contribution in [1.82, 2.24) is 4.90 Å². The predicted octanol–water partition coefficient (Wildman–Crippen LogP) is 2.30. The average Bonchev–Trinajstić information content (AvgIpc) is 2.48. The van der Waals surface area contributed by atoms with Crippen LogP contribution in [0.3, 0.4) is 0 Å². The summed E-state index contributed by atoms with van der Waals surface area (Å²) in [5.41, 5.74) is 1.01. The molecule has 1 saturated heterocycles. The summed E-state index contributed by atoms with van der Waals surface area (Å²) >= 11 is 0. The molecule has 0 saturated carbocycles. The van der Waals surface area contributed by atoms with E-state index in [-0.39, 0.29) is 5.91 Å². The highest BCUT2D eigenvalue weighted by Crippen LogP contribution is 2.22. The molecule has 1 heterocycles. The fourth-order valence-electron chi connectivity index (χ4n) is 2.54. The SMILES string of the molecule is COC(=O)[C@H]1CCCCN1C(=O)c1cc(F)ccc1C. The molecule has 1 atom stereocenters. The number of hydrogen-bond acceptors (Lipinski definition) is 3. The van der Waals surface area contributed by atoms with Crippen LogP contribution in [-0.2, 0) is 9.53 Å². The first-order valence-corrected chi connectivity index (χ1v) is 6.69. The number of halogens is 1. The third-order valence-electron chi connectivity index (χ3n) is 3.67. The summed E-state index contributed by atoms with van der Waals surface area (Å²) in [6.07, 6.45) is 2.31. The van der Waals surface area contributed by atoms with Gasteiger partial charge in [-0.05, 0) is 43.9 Å². The largest absolute Gasteiger partial charge is 0.467 e. The summed E-state index contributed by atoms with van der Waals surface area (Å²) in [6.45, 7) is 2.25. The van der Waals surface area contributed by atoms with Crippen LogP contribution in [0.15, 0.2) is 18.2 Å². The normalized spacial score (nSPS) is 18.8. The molecule has 1 fully saturated rings. The summed E-state index contributed by atoms with van der Waals surface area (Å²) in [4.78, 5) is 25.8. The van der Waals surface area contributed by atoms with Gasteiger partial charge in [-0.25, -0.2) is 9.18 Å². The number of carbonyl (C=O) groups excluding carboxylic acids is 2. The standard InChI is InChI=1S/C15H18FNO3/c1-10-6-7-11(16)9-12(10)14(18)17-8-4-3-5-13(17)15(19)20-2/h6-7,9,13H,3-5,8H2,1-2H3/t13-/m1/s1. The molecule has 0 spiro atoms. The van der Waals surface area contributed by atoms with E-state index in [0.717, 1.165) is 12.8 Å². The van der Waals surface area contributed by atoms with Gasteiger partial charge in [-0.15, -0.1) is 0 Å². The molecule has 2 rings (SSSR count). The Kier molecular flexibility index (Phi) is 4.37. The van der Waals surface area contributed by atoms with Gasteiger partial charge in [-0.3, -0.25) is 4.79 Å². The van der Waals surface area contributed by atoms with Gasteiger partial charge in [0.25, 0.3) is 5.91 Å². The van der Waals surface area contributed by atoms with Gasteiger partial charge in [0.1, 0.15) is 11.9 Å². The summed E-state index contributed by atoms with van der Waals surface area (Å²) in [5, 5.41) is 0. The summed E-state index contributed by atoms with van der Waals surface area (Å²) in [7, 11) is 1.31. The van der Waals surface area contributed by atoms with Crippen molar-refractivity contribution in [2.24, 2.45) is 0 Å². The maximum Gasteiger partial charge on any atom is 0.328 e. The number of piperidine rings is 1. The molecular formula is C15H18FNO3. The molecule has 5 heteroatoms. The Hall–Kier alpha value is -1.91. The summed E-state index contributed by atoms with van der Waals surface area (Å²) in [5.74, 6) is -1.17. The zero-order valence-electron chi connectivity index (χ0n) is 11.7. The third kappa shape index (κ3) is 2.81. The van der Waals surface area contributed by atoms with Gasteiger partial charge in [0.05, 0.1) is 7.11 Å². The maximum atomic E-state index is 13.3. The molecule has 0 aromatic heterocycles. The van der Waals surface area contributed by atoms with Gasteiger partial charge in [-0.2, -0.15) is 0 Å². The van der Waals surface area contributed by atoms with Crippen molar-refractivity contribution in [3.05, 3.63) is 35.1 Å². The lowest BCUT2D eigenvalue weighted by molar-refractivity contribution is -0.147. The molecule has 0 unspecified atom stereocenters. The molecule has 0 bridgehead atoms. The molecule has 0 aliphatic carbocycles. The van der Waals surface area contributed by atoms with Crippen LogP contribution in [0.2, 0.25) is 0 Å². The third-order valence-corrected chi connectivity index (χ3v) is 3.67. The predicted molar refractivity (Wildman–Crippen MR) is 71.8 cm³/mol. The van der Waals surface area contributed by atoms with E-state index in [4.69, 9.17) is 4.74 Å². The smallest absolute Gasteiger partial charge is 0.328 e. The summed E-state index contributed by atoms with van der Waals surface area (Å²) < 4.78 is 18.1. The lowest BCUT2D eigenvalue weighted by Gasteiger charge is -2.34. The average molecular weight is 279 g/mol. The van der Waals surface area contributed by atoms with Gasteiger partial charge >= 0.3 is 5.97 Å². The van der Waals surface area contributed by atoms with Gasteiger partial charge in [-0.1, -0.05) is 6.07 Å². The highest BCUT2D eigenvalue weighted by molar-refractivity contribution is 5.98. The van der Waals surface area contributed by atoms with Crippen LogP contribution in [0.1, 0.15) is 35.2 Å². The Morgan fingerprint density at radius 2 is 2.10 bits per heavy atom. The highest BCUT2D eigenvalue weighted by Gasteiger charge is 2.33. The molecule has 1 aliphatic rings. The van der Waals surface area contributed by atoms with E-state index in [1.165, 1.54) is 24.1 Å². The monoisotopic (exact) mass is 279 g/mol. The molecule has 20 heavy (non-hydrogen) atoms. The first-order valence-electron chi connectivity index (χ1n) is 6.69. The van der Waals surface area contributed by atoms with E-state index >= 15 is 0 Å². The van der Waals surface area contributed by atoms with Gasteiger partial charge in [0, 0.05) is 12.1 Å². The van der Waals surface area contributed by atoms with Crippen LogP contribution < -0.4 is 0 Å². The number of likely N-dealkylation sites (tertiary alicyclic amines) is 1. The number of esters is 1. The molecular weight excluding hydrogens is 261 g/mol. The number of benzene rings is 1. The van der Waals surface area contributed by atoms with Crippen molar-refractivity contribution in [3.63, 3.8) is 0 Å². The van der Waals surface area contributed by atoms with Crippen molar-refractivity contribution in [1.29, 1.82) is 0 Å². The van der Waals surface area contributed by atoms with Crippen LogP contribution in [0, 0.1) is 12.7 Å². The Bertz CT molecular complexity index is 530. The first kappa shape index (κ1) is 14.5. The maximum absolute atomic E-state index is 13.3. The molecule has 1 amide bonds. The first-order chi connectivity index (χ1) is 9.54. The molecule has 1 aliphatic heterocycles. The number of nitrogens with zero attached hydrogens (tertiary/aromatic N) is 1. The van der Waals surface area contributed by atoms with E-state index in [1.807, 2.05) is 0 Å². The number of rotatable bonds is 2. The Balaban J connectivity index is 2.30. The van der Waals surface area contributed by atoms with Crippen molar-refractivity contribution < 1.29 is 18.7 Å². The highest BCUT2D eigenvalue weighted by atomic mass is 19.1. The van der Waals surface area contributed by atoms with E-state index in [1.54, 1.807) is 13.0 Å². The quantitative estimate of drug-likeness (QED) is 0.780. The van der Waals surface area contributed by atoms with Crippen molar-refractivity contribution in [2.45, 2.75) is 32.2 Å². The van der Waals surface area contributed by atoms with Crippen LogP contribution >= 0.6 is 0 Å². The number of methoxy groups -OCH3 is 1. The van der Waals surface area contributed by atoms with Gasteiger partial charge < -0.3 is 9.64 Å². The molecule has 4 nitrogen and oxygen atoms in total. The Labute approximate surface area is 117 Å². The second-order valence-corrected chi connectivity index (χ2v) is 4.99. The molecule has 0 radical (unpaired) electrons. The number of aryl methyl sites for hydroxylation is 1. The number of carbonyl (C=O) groups is 2. The molecule has 108 valence electrons. The molecule has 1 aromatic rings. The Morgan fingerprint density at radius 3 is 2.80 bits per heavy atom. The lowest BCUT2D eigenvalue weighted by Crippen LogP contribution is -2.48. The van der Waals surface area contributed by atoms with E-state index in [9.17, 15) is 14.0 Å². The van der Waals surface area contributed by atoms with Gasteiger partial charge in [0.15, 0.2) is 0 Å². The zero-order chi connectivity index (χ0) is 14.7. The number of ether oxygens (including phenoxy) is 1.